The van der Waals surface area contributed by atoms with Crippen LogP contribution in [0.15, 0.2) is 35.5 Å². The number of halogens is 1. The van der Waals surface area contributed by atoms with Crippen molar-refractivity contribution in [2.75, 3.05) is 19.5 Å². The molecule has 1 aromatic heterocycles. The van der Waals surface area contributed by atoms with Crippen molar-refractivity contribution in [3.8, 4) is 0 Å². The molecule has 0 saturated heterocycles. The highest BCUT2D eigenvalue weighted by molar-refractivity contribution is 14.0. The van der Waals surface area contributed by atoms with E-state index in [1.165, 1.54) is 12.0 Å². The predicted molar refractivity (Wildman–Crippen MR) is 112 cm³/mol. The SMILES string of the molecule is CN=C(NCc1ccc(NC(=O)OC)cc1)NCc1ncc(C)s1.I. The molecule has 0 spiro atoms. The molecule has 0 aliphatic rings. The van der Waals surface area contributed by atoms with Gasteiger partial charge in [-0.3, -0.25) is 10.3 Å². The van der Waals surface area contributed by atoms with Crippen LogP contribution in [-0.4, -0.2) is 31.2 Å². The van der Waals surface area contributed by atoms with Crippen molar-refractivity contribution in [3.63, 3.8) is 0 Å². The van der Waals surface area contributed by atoms with Crippen LogP contribution in [0.3, 0.4) is 0 Å². The molecule has 2 rings (SSSR count). The van der Waals surface area contributed by atoms with Crippen LogP contribution < -0.4 is 16.0 Å². The van der Waals surface area contributed by atoms with Crippen molar-refractivity contribution in [2.24, 2.45) is 4.99 Å². The fourth-order valence-corrected chi connectivity index (χ4v) is 2.65. The molecule has 0 unspecified atom stereocenters. The maximum atomic E-state index is 11.1. The summed E-state index contributed by atoms with van der Waals surface area (Å²) in [6, 6.07) is 7.50. The molecule has 136 valence electrons. The molecule has 0 radical (unpaired) electrons. The Labute approximate surface area is 168 Å². The number of nitrogens with one attached hydrogen (secondary N) is 3. The molecular formula is C16H22IN5O2S. The van der Waals surface area contributed by atoms with Crippen LogP contribution >= 0.6 is 35.3 Å². The van der Waals surface area contributed by atoms with Gasteiger partial charge in [0.1, 0.15) is 5.01 Å². The summed E-state index contributed by atoms with van der Waals surface area (Å²) in [5, 5.41) is 10.1. The summed E-state index contributed by atoms with van der Waals surface area (Å²) in [6.07, 6.45) is 1.38. The molecule has 0 fully saturated rings. The molecule has 1 amide bonds. The number of guanidine groups is 1. The fraction of sp³-hybridized carbons (Fsp3) is 0.312. The molecule has 3 N–H and O–H groups in total. The number of anilines is 1. The minimum absolute atomic E-state index is 0. The number of carbonyl (C=O) groups excluding carboxylic acids is 1. The van der Waals surface area contributed by atoms with Crippen LogP contribution in [0.5, 0.6) is 0 Å². The topological polar surface area (TPSA) is 87.6 Å². The Morgan fingerprint density at radius 2 is 1.92 bits per heavy atom. The van der Waals surface area contributed by atoms with E-state index in [9.17, 15) is 4.79 Å². The number of aromatic nitrogens is 1. The number of ether oxygens (including phenoxy) is 1. The van der Waals surface area contributed by atoms with Crippen LogP contribution in [0, 0.1) is 6.92 Å². The van der Waals surface area contributed by atoms with E-state index in [2.05, 4.69) is 30.7 Å². The molecule has 1 aromatic carbocycles. The summed E-state index contributed by atoms with van der Waals surface area (Å²) in [7, 11) is 3.06. The summed E-state index contributed by atoms with van der Waals surface area (Å²) in [4.78, 5) is 20.8. The molecule has 0 aliphatic heterocycles. The first-order valence-corrected chi connectivity index (χ1v) is 8.22. The molecule has 2 aromatic rings. The first-order chi connectivity index (χ1) is 11.6. The van der Waals surface area contributed by atoms with E-state index in [1.807, 2.05) is 37.4 Å². The zero-order chi connectivity index (χ0) is 17.4. The number of rotatable bonds is 5. The van der Waals surface area contributed by atoms with Gasteiger partial charge in [0.2, 0.25) is 0 Å². The second-order valence-corrected chi connectivity index (χ2v) is 6.28. The van der Waals surface area contributed by atoms with Crippen molar-refractivity contribution in [3.05, 3.63) is 45.9 Å². The Kier molecular flexibility index (Phi) is 9.21. The summed E-state index contributed by atoms with van der Waals surface area (Å²) >= 11 is 1.66. The van der Waals surface area contributed by atoms with Gasteiger partial charge in [-0.1, -0.05) is 12.1 Å². The van der Waals surface area contributed by atoms with Crippen LogP contribution in [0.2, 0.25) is 0 Å². The Bertz CT molecular complexity index is 703. The normalized spacial score (nSPS) is 10.6. The smallest absolute Gasteiger partial charge is 0.411 e. The Morgan fingerprint density at radius 3 is 2.48 bits per heavy atom. The first kappa shape index (κ1) is 21.2. The van der Waals surface area contributed by atoms with E-state index in [-0.39, 0.29) is 24.0 Å². The highest BCUT2D eigenvalue weighted by Gasteiger charge is 2.03. The molecule has 25 heavy (non-hydrogen) atoms. The van der Waals surface area contributed by atoms with Crippen LogP contribution in [0.25, 0.3) is 0 Å². The predicted octanol–water partition coefficient (Wildman–Crippen LogP) is 3.11. The third kappa shape index (κ3) is 7.26. The van der Waals surface area contributed by atoms with Gasteiger partial charge in [-0.15, -0.1) is 35.3 Å². The highest BCUT2D eigenvalue weighted by atomic mass is 127. The zero-order valence-corrected chi connectivity index (χ0v) is 17.5. The lowest BCUT2D eigenvalue weighted by Gasteiger charge is -2.11. The van der Waals surface area contributed by atoms with Gasteiger partial charge in [-0.05, 0) is 24.6 Å². The monoisotopic (exact) mass is 475 g/mol. The van der Waals surface area contributed by atoms with Gasteiger partial charge in [0, 0.05) is 30.4 Å². The second-order valence-electron chi connectivity index (χ2n) is 4.96. The lowest BCUT2D eigenvalue weighted by Crippen LogP contribution is -2.36. The van der Waals surface area contributed by atoms with E-state index in [0.717, 1.165) is 10.6 Å². The number of thiazole rings is 1. The maximum Gasteiger partial charge on any atom is 0.411 e. The Morgan fingerprint density at radius 1 is 1.24 bits per heavy atom. The number of aliphatic imine (C=N–C) groups is 1. The number of aryl methyl sites for hydroxylation is 1. The first-order valence-electron chi connectivity index (χ1n) is 7.40. The number of methoxy groups -OCH3 is 1. The number of carbonyl (C=O) groups is 1. The van der Waals surface area contributed by atoms with Gasteiger partial charge >= 0.3 is 6.09 Å². The van der Waals surface area contributed by atoms with E-state index >= 15 is 0 Å². The average Bonchev–Trinajstić information content (AvgIpc) is 3.01. The highest BCUT2D eigenvalue weighted by Crippen LogP contribution is 2.11. The lowest BCUT2D eigenvalue weighted by molar-refractivity contribution is 0.187. The largest absolute Gasteiger partial charge is 0.453 e. The van der Waals surface area contributed by atoms with Gasteiger partial charge in [-0.2, -0.15) is 0 Å². The van der Waals surface area contributed by atoms with Gasteiger partial charge in [0.15, 0.2) is 5.96 Å². The third-order valence-corrected chi connectivity index (χ3v) is 4.06. The number of amides is 1. The van der Waals surface area contributed by atoms with Crippen molar-refractivity contribution >= 4 is 53.1 Å². The standard InChI is InChI=1S/C16H21N5O2S.HI/c1-11-8-18-14(24-11)10-20-15(17-2)19-9-12-4-6-13(7-5-12)21-16(22)23-3;/h4-8H,9-10H2,1-3H3,(H,21,22)(H2,17,19,20);1H. The maximum absolute atomic E-state index is 11.1. The molecule has 0 bridgehead atoms. The molecule has 7 nitrogen and oxygen atoms in total. The Balaban J connectivity index is 0.00000312. The van der Waals surface area contributed by atoms with Crippen molar-refractivity contribution in [1.29, 1.82) is 0 Å². The minimum atomic E-state index is -0.483. The summed E-state index contributed by atoms with van der Waals surface area (Å²) < 4.78 is 4.55. The number of benzene rings is 1. The number of nitrogens with zero attached hydrogens (tertiary/aromatic N) is 2. The van der Waals surface area contributed by atoms with E-state index in [4.69, 9.17) is 0 Å². The Hall–Kier alpha value is -1.88. The summed E-state index contributed by atoms with van der Waals surface area (Å²) in [6.45, 7) is 3.29. The fourth-order valence-electron chi connectivity index (χ4n) is 1.92. The van der Waals surface area contributed by atoms with Crippen molar-refractivity contribution < 1.29 is 9.53 Å². The zero-order valence-electron chi connectivity index (χ0n) is 14.3. The summed E-state index contributed by atoms with van der Waals surface area (Å²) in [5.41, 5.74) is 1.76. The van der Waals surface area contributed by atoms with Crippen LogP contribution in [-0.2, 0) is 17.8 Å². The molecule has 0 atom stereocenters. The molecular weight excluding hydrogens is 453 g/mol. The number of hydrogen-bond acceptors (Lipinski definition) is 5. The van der Waals surface area contributed by atoms with Gasteiger partial charge in [-0.25, -0.2) is 9.78 Å². The van der Waals surface area contributed by atoms with E-state index in [0.29, 0.717) is 24.7 Å². The van der Waals surface area contributed by atoms with Gasteiger partial charge < -0.3 is 15.4 Å². The van der Waals surface area contributed by atoms with E-state index < -0.39 is 6.09 Å². The quantitative estimate of drug-likeness (QED) is 0.352. The molecule has 0 saturated carbocycles. The lowest BCUT2D eigenvalue weighted by atomic mass is 10.2. The van der Waals surface area contributed by atoms with Gasteiger partial charge in [0.25, 0.3) is 0 Å². The number of hydrogen-bond donors (Lipinski definition) is 3. The van der Waals surface area contributed by atoms with E-state index in [1.54, 1.807) is 18.4 Å². The molecule has 0 aliphatic carbocycles. The van der Waals surface area contributed by atoms with Crippen LogP contribution in [0.4, 0.5) is 10.5 Å². The van der Waals surface area contributed by atoms with Crippen molar-refractivity contribution in [2.45, 2.75) is 20.0 Å². The van der Waals surface area contributed by atoms with Crippen LogP contribution in [0.1, 0.15) is 15.4 Å². The minimum Gasteiger partial charge on any atom is -0.453 e. The van der Waals surface area contributed by atoms with Crippen molar-refractivity contribution in [1.82, 2.24) is 15.6 Å². The third-order valence-electron chi connectivity index (χ3n) is 3.15. The summed E-state index contributed by atoms with van der Waals surface area (Å²) in [5.74, 6) is 0.708. The van der Waals surface area contributed by atoms with Gasteiger partial charge in [0.05, 0.1) is 13.7 Å². The second kappa shape index (κ2) is 10.9. The molecule has 1 heterocycles. The average molecular weight is 475 g/mol. The molecule has 9 heteroatoms.